The summed E-state index contributed by atoms with van der Waals surface area (Å²) >= 11 is 6.20. The van der Waals surface area contributed by atoms with Crippen LogP contribution < -0.4 is 4.74 Å². The Bertz CT molecular complexity index is 1110. The zero-order valence-electron chi connectivity index (χ0n) is 17.4. The fourth-order valence-corrected chi connectivity index (χ4v) is 3.99. The molecule has 0 fully saturated rings. The van der Waals surface area contributed by atoms with Crippen LogP contribution in [-0.2, 0) is 0 Å². The van der Waals surface area contributed by atoms with Gasteiger partial charge in [0, 0.05) is 23.0 Å². The second kappa shape index (κ2) is 9.34. The highest BCUT2D eigenvalue weighted by atomic mass is 35.5. The Labute approximate surface area is 183 Å². The van der Waals surface area contributed by atoms with E-state index in [2.05, 4.69) is 97.9 Å². The molecule has 3 heteroatoms. The molecular formula is C27H26ClNO. The van der Waals surface area contributed by atoms with Crippen molar-refractivity contribution in [1.29, 1.82) is 0 Å². The molecule has 4 aromatic rings. The van der Waals surface area contributed by atoms with Gasteiger partial charge in [0.25, 0.3) is 0 Å². The minimum atomic E-state index is 0.0453. The molecule has 0 aliphatic rings. The summed E-state index contributed by atoms with van der Waals surface area (Å²) in [4.78, 5) is 2.13. The Kier molecular flexibility index (Phi) is 6.37. The third kappa shape index (κ3) is 4.51. The van der Waals surface area contributed by atoms with Gasteiger partial charge >= 0.3 is 0 Å². The predicted octanol–water partition coefficient (Wildman–Crippen LogP) is 6.61. The molecule has 4 rings (SSSR count). The van der Waals surface area contributed by atoms with Gasteiger partial charge in [-0.3, -0.25) is 0 Å². The van der Waals surface area contributed by atoms with Crippen molar-refractivity contribution in [1.82, 2.24) is 4.90 Å². The van der Waals surface area contributed by atoms with Crippen molar-refractivity contribution < 1.29 is 4.74 Å². The lowest BCUT2D eigenvalue weighted by Gasteiger charge is -2.24. The van der Waals surface area contributed by atoms with Crippen LogP contribution in [0.3, 0.4) is 0 Å². The summed E-state index contributed by atoms with van der Waals surface area (Å²) in [6, 6.07) is 31.6. The second-order valence-corrected chi connectivity index (χ2v) is 8.18. The van der Waals surface area contributed by atoms with E-state index < -0.39 is 0 Å². The maximum atomic E-state index is 6.34. The van der Waals surface area contributed by atoms with Crippen LogP contribution >= 0.6 is 11.6 Å². The topological polar surface area (TPSA) is 12.5 Å². The van der Waals surface area contributed by atoms with Crippen molar-refractivity contribution in [3.8, 4) is 5.75 Å². The van der Waals surface area contributed by atoms with Gasteiger partial charge in [-0.1, -0.05) is 84.4 Å². The SMILES string of the molecule is CN(C)CCOc1ccc2ccccc2c1C(c1ccccc1)c1ccc(Cl)cc1. The molecule has 0 N–H and O–H groups in total. The summed E-state index contributed by atoms with van der Waals surface area (Å²) < 4.78 is 6.34. The molecule has 152 valence electrons. The molecule has 4 aromatic carbocycles. The van der Waals surface area contributed by atoms with Gasteiger partial charge in [-0.25, -0.2) is 0 Å². The number of hydrogen-bond donors (Lipinski definition) is 0. The van der Waals surface area contributed by atoms with Gasteiger partial charge < -0.3 is 9.64 Å². The van der Waals surface area contributed by atoms with E-state index in [9.17, 15) is 0 Å². The molecule has 0 aromatic heterocycles. The van der Waals surface area contributed by atoms with E-state index in [1.54, 1.807) is 0 Å². The lowest BCUT2D eigenvalue weighted by atomic mass is 9.82. The number of fused-ring (bicyclic) bond motifs is 1. The summed E-state index contributed by atoms with van der Waals surface area (Å²) in [6.45, 7) is 1.50. The Hall–Kier alpha value is -2.81. The third-order valence-corrected chi connectivity index (χ3v) is 5.60. The van der Waals surface area contributed by atoms with Crippen LogP contribution in [0.25, 0.3) is 10.8 Å². The summed E-state index contributed by atoms with van der Waals surface area (Å²) in [7, 11) is 4.12. The fourth-order valence-electron chi connectivity index (χ4n) is 3.86. The highest BCUT2D eigenvalue weighted by Gasteiger charge is 2.23. The fraction of sp³-hybridized carbons (Fsp3) is 0.185. The largest absolute Gasteiger partial charge is 0.492 e. The Balaban J connectivity index is 1.92. The van der Waals surface area contributed by atoms with E-state index in [0.717, 1.165) is 17.3 Å². The molecule has 1 unspecified atom stereocenters. The van der Waals surface area contributed by atoms with Gasteiger partial charge in [0.05, 0.1) is 0 Å². The monoisotopic (exact) mass is 415 g/mol. The standard InChI is InChI=1S/C27H26ClNO/c1-29(2)18-19-30-25-17-14-20-8-6-7-11-24(20)27(25)26(21-9-4-3-5-10-21)22-12-15-23(28)16-13-22/h3-17,26H,18-19H2,1-2H3. The van der Waals surface area contributed by atoms with E-state index in [1.807, 2.05) is 12.1 Å². The van der Waals surface area contributed by atoms with E-state index >= 15 is 0 Å². The molecule has 1 atom stereocenters. The maximum Gasteiger partial charge on any atom is 0.124 e. The molecule has 0 saturated heterocycles. The molecule has 0 heterocycles. The zero-order chi connectivity index (χ0) is 20.9. The smallest absolute Gasteiger partial charge is 0.124 e. The van der Waals surface area contributed by atoms with Crippen LogP contribution in [0.15, 0.2) is 91.0 Å². The average molecular weight is 416 g/mol. The lowest BCUT2D eigenvalue weighted by molar-refractivity contribution is 0.259. The van der Waals surface area contributed by atoms with Gasteiger partial charge in [0.15, 0.2) is 0 Å². The first-order chi connectivity index (χ1) is 14.6. The Morgan fingerprint density at radius 2 is 1.43 bits per heavy atom. The van der Waals surface area contributed by atoms with E-state index in [4.69, 9.17) is 16.3 Å². The molecule has 2 nitrogen and oxygen atoms in total. The summed E-state index contributed by atoms with van der Waals surface area (Å²) in [5.74, 6) is 0.975. The first-order valence-electron chi connectivity index (χ1n) is 10.2. The van der Waals surface area contributed by atoms with Crippen LogP contribution in [0, 0.1) is 0 Å². The minimum Gasteiger partial charge on any atom is -0.492 e. The van der Waals surface area contributed by atoms with Crippen LogP contribution in [0.4, 0.5) is 0 Å². The number of likely N-dealkylation sites (N-methyl/N-ethyl adjacent to an activating group) is 1. The van der Waals surface area contributed by atoms with Crippen LogP contribution in [0.2, 0.25) is 5.02 Å². The summed E-state index contributed by atoms with van der Waals surface area (Å²) in [5, 5.41) is 3.16. The molecule has 0 spiro atoms. The van der Waals surface area contributed by atoms with Gasteiger partial charge in [-0.05, 0) is 54.2 Å². The van der Waals surface area contributed by atoms with Crippen LogP contribution in [-0.4, -0.2) is 32.1 Å². The number of halogens is 1. The highest BCUT2D eigenvalue weighted by Crippen LogP contribution is 2.41. The first-order valence-corrected chi connectivity index (χ1v) is 10.6. The third-order valence-electron chi connectivity index (χ3n) is 5.35. The Morgan fingerprint density at radius 1 is 0.767 bits per heavy atom. The van der Waals surface area contributed by atoms with Crippen molar-refractivity contribution >= 4 is 22.4 Å². The van der Waals surface area contributed by atoms with E-state index in [0.29, 0.717) is 6.61 Å². The van der Waals surface area contributed by atoms with Crippen LogP contribution in [0.1, 0.15) is 22.6 Å². The summed E-state index contributed by atoms with van der Waals surface area (Å²) in [6.07, 6.45) is 0. The zero-order valence-corrected chi connectivity index (χ0v) is 18.1. The van der Waals surface area contributed by atoms with Gasteiger partial charge in [0.1, 0.15) is 12.4 Å². The maximum absolute atomic E-state index is 6.34. The number of ether oxygens (including phenoxy) is 1. The number of hydrogen-bond acceptors (Lipinski definition) is 2. The first kappa shape index (κ1) is 20.5. The number of benzene rings is 4. The van der Waals surface area contributed by atoms with E-state index in [1.165, 1.54) is 27.5 Å². The van der Waals surface area contributed by atoms with Crippen LogP contribution in [0.5, 0.6) is 5.75 Å². The quantitative estimate of drug-likeness (QED) is 0.315. The summed E-state index contributed by atoms with van der Waals surface area (Å²) in [5.41, 5.74) is 3.62. The van der Waals surface area contributed by atoms with Gasteiger partial charge in [-0.15, -0.1) is 0 Å². The molecule has 0 radical (unpaired) electrons. The van der Waals surface area contributed by atoms with Crippen molar-refractivity contribution in [3.05, 3.63) is 113 Å². The van der Waals surface area contributed by atoms with Crippen molar-refractivity contribution in [2.24, 2.45) is 0 Å². The molecule has 0 aliphatic heterocycles. The normalized spacial score (nSPS) is 12.3. The minimum absolute atomic E-state index is 0.0453. The van der Waals surface area contributed by atoms with Crippen molar-refractivity contribution in [3.63, 3.8) is 0 Å². The average Bonchev–Trinajstić information content (AvgIpc) is 2.77. The molecule has 0 saturated carbocycles. The highest BCUT2D eigenvalue weighted by molar-refractivity contribution is 6.30. The van der Waals surface area contributed by atoms with Gasteiger partial charge in [-0.2, -0.15) is 0 Å². The number of rotatable bonds is 7. The molecule has 0 aliphatic carbocycles. The van der Waals surface area contributed by atoms with Crippen molar-refractivity contribution in [2.75, 3.05) is 27.2 Å². The molecule has 0 bridgehead atoms. The number of nitrogens with zero attached hydrogens (tertiary/aromatic N) is 1. The van der Waals surface area contributed by atoms with Crippen molar-refractivity contribution in [2.45, 2.75) is 5.92 Å². The predicted molar refractivity (Wildman–Crippen MR) is 127 cm³/mol. The van der Waals surface area contributed by atoms with E-state index in [-0.39, 0.29) is 5.92 Å². The second-order valence-electron chi connectivity index (χ2n) is 7.75. The lowest BCUT2D eigenvalue weighted by Crippen LogP contribution is -2.20. The molecule has 0 amide bonds. The molecule has 30 heavy (non-hydrogen) atoms. The Morgan fingerprint density at radius 3 is 2.17 bits per heavy atom. The van der Waals surface area contributed by atoms with Gasteiger partial charge in [0.2, 0.25) is 0 Å². The molecular weight excluding hydrogens is 390 g/mol.